The van der Waals surface area contributed by atoms with Crippen molar-refractivity contribution < 1.29 is 5.11 Å². The largest absolute Gasteiger partial charge is 0.392 e. The highest BCUT2D eigenvalue weighted by molar-refractivity contribution is 4.70. The molecule has 0 spiro atoms. The van der Waals surface area contributed by atoms with Gasteiger partial charge < -0.3 is 22.3 Å². The minimum atomic E-state index is -0.301. The molecule has 0 aromatic heterocycles. The van der Waals surface area contributed by atoms with E-state index in [1.54, 1.807) is 0 Å². The topological polar surface area (TPSA) is 105 Å². The van der Waals surface area contributed by atoms with Crippen molar-refractivity contribution in [3.05, 3.63) is 0 Å². The molecule has 0 amide bonds. The molecule has 0 rings (SSSR count). The van der Waals surface area contributed by atoms with Crippen LogP contribution in [0.4, 0.5) is 0 Å². The Balaban J connectivity index is 4.03. The predicted molar refractivity (Wildman–Crippen MR) is 85.6 cm³/mol. The molecule has 6 heteroatoms. The maximum absolute atomic E-state index is 9.47. The van der Waals surface area contributed by atoms with Crippen LogP contribution in [0.2, 0.25) is 0 Å². The fourth-order valence-corrected chi connectivity index (χ4v) is 2.53. The Morgan fingerprint density at radius 2 is 1.45 bits per heavy atom. The molecule has 0 aliphatic rings. The zero-order valence-electron chi connectivity index (χ0n) is 13.3. The number of hydrogen-bond donors (Lipinski definition) is 4. The van der Waals surface area contributed by atoms with Crippen molar-refractivity contribution in [2.24, 2.45) is 17.2 Å². The summed E-state index contributed by atoms with van der Waals surface area (Å²) in [5.74, 6) is 0. The quantitative estimate of drug-likeness (QED) is 0.347. The van der Waals surface area contributed by atoms with Crippen LogP contribution in [0.1, 0.15) is 26.7 Å². The van der Waals surface area contributed by atoms with E-state index >= 15 is 0 Å². The second kappa shape index (κ2) is 12.5. The summed E-state index contributed by atoms with van der Waals surface area (Å²) in [6.07, 6.45) is 1.91. The molecule has 0 aliphatic heterocycles. The molecule has 0 radical (unpaired) electrons. The standard InChI is InChI=1S/C14H35N5O/c1-13(19(10-6-16)11-7-17)4-3-8-18(9-5-15)12-14(2)20/h13-14,20H,3-12,15-17H2,1-2H3. The Morgan fingerprint density at radius 3 is 1.90 bits per heavy atom. The Hall–Kier alpha value is -0.240. The zero-order valence-corrected chi connectivity index (χ0v) is 13.3. The van der Waals surface area contributed by atoms with Gasteiger partial charge in [-0.3, -0.25) is 9.80 Å². The summed E-state index contributed by atoms with van der Waals surface area (Å²) in [4.78, 5) is 4.58. The molecule has 2 unspecified atom stereocenters. The molecule has 0 aromatic rings. The van der Waals surface area contributed by atoms with E-state index in [1.165, 1.54) is 0 Å². The van der Waals surface area contributed by atoms with Gasteiger partial charge >= 0.3 is 0 Å². The lowest BCUT2D eigenvalue weighted by Gasteiger charge is -2.29. The Labute approximate surface area is 124 Å². The molecular formula is C14H35N5O. The second-order valence-corrected chi connectivity index (χ2v) is 5.54. The highest BCUT2D eigenvalue weighted by atomic mass is 16.3. The minimum Gasteiger partial charge on any atom is -0.392 e. The molecule has 20 heavy (non-hydrogen) atoms. The van der Waals surface area contributed by atoms with Gasteiger partial charge in [-0.15, -0.1) is 0 Å². The maximum atomic E-state index is 9.47. The minimum absolute atomic E-state index is 0.301. The van der Waals surface area contributed by atoms with Gasteiger partial charge in [0.05, 0.1) is 6.10 Å². The number of aliphatic hydroxyl groups excluding tert-OH is 1. The Bertz CT molecular complexity index is 210. The molecule has 0 aliphatic carbocycles. The van der Waals surface area contributed by atoms with E-state index in [0.29, 0.717) is 32.2 Å². The van der Waals surface area contributed by atoms with E-state index in [9.17, 15) is 5.11 Å². The molecule has 122 valence electrons. The SMILES string of the molecule is CC(O)CN(CCN)CCCC(C)N(CCN)CCN. The van der Waals surface area contributed by atoms with Gasteiger partial charge in [-0.2, -0.15) is 0 Å². The summed E-state index contributed by atoms with van der Waals surface area (Å²) in [6, 6.07) is 0.494. The van der Waals surface area contributed by atoms with Crippen LogP contribution in [0, 0.1) is 0 Å². The third-order valence-electron chi connectivity index (χ3n) is 3.52. The van der Waals surface area contributed by atoms with E-state index in [0.717, 1.165) is 39.0 Å². The monoisotopic (exact) mass is 289 g/mol. The fourth-order valence-electron chi connectivity index (χ4n) is 2.53. The van der Waals surface area contributed by atoms with Gasteiger partial charge in [0.2, 0.25) is 0 Å². The lowest BCUT2D eigenvalue weighted by Crippen LogP contribution is -2.41. The molecular weight excluding hydrogens is 254 g/mol. The highest BCUT2D eigenvalue weighted by Crippen LogP contribution is 2.07. The van der Waals surface area contributed by atoms with Crippen LogP contribution in [0.25, 0.3) is 0 Å². The second-order valence-electron chi connectivity index (χ2n) is 5.54. The molecule has 0 heterocycles. The van der Waals surface area contributed by atoms with Crippen molar-refractivity contribution >= 4 is 0 Å². The first-order valence-electron chi connectivity index (χ1n) is 7.79. The van der Waals surface area contributed by atoms with Crippen LogP contribution in [-0.4, -0.2) is 79.4 Å². The number of nitrogens with zero attached hydrogens (tertiary/aromatic N) is 2. The van der Waals surface area contributed by atoms with Crippen molar-refractivity contribution in [2.75, 3.05) is 52.4 Å². The van der Waals surface area contributed by atoms with Crippen molar-refractivity contribution in [1.82, 2.24) is 9.80 Å². The van der Waals surface area contributed by atoms with Gasteiger partial charge in [0.15, 0.2) is 0 Å². The molecule has 7 N–H and O–H groups in total. The average molecular weight is 289 g/mol. The van der Waals surface area contributed by atoms with Crippen LogP contribution in [-0.2, 0) is 0 Å². The summed E-state index contributed by atoms with van der Waals surface area (Å²) in [5, 5.41) is 9.47. The van der Waals surface area contributed by atoms with Crippen molar-refractivity contribution in [3.63, 3.8) is 0 Å². The number of aliphatic hydroxyl groups is 1. The first-order chi connectivity index (χ1) is 9.54. The molecule has 6 nitrogen and oxygen atoms in total. The van der Waals surface area contributed by atoms with Crippen molar-refractivity contribution in [3.8, 4) is 0 Å². The van der Waals surface area contributed by atoms with E-state index < -0.39 is 0 Å². The summed E-state index contributed by atoms with van der Waals surface area (Å²) < 4.78 is 0. The van der Waals surface area contributed by atoms with Crippen molar-refractivity contribution in [2.45, 2.75) is 38.8 Å². The van der Waals surface area contributed by atoms with Crippen LogP contribution in [0.15, 0.2) is 0 Å². The fraction of sp³-hybridized carbons (Fsp3) is 1.00. The van der Waals surface area contributed by atoms with Gasteiger partial charge in [-0.25, -0.2) is 0 Å². The zero-order chi connectivity index (χ0) is 15.4. The molecule has 0 saturated heterocycles. The maximum Gasteiger partial charge on any atom is 0.0639 e. The van der Waals surface area contributed by atoms with Gasteiger partial charge in [0.1, 0.15) is 0 Å². The third-order valence-corrected chi connectivity index (χ3v) is 3.52. The highest BCUT2D eigenvalue weighted by Gasteiger charge is 2.13. The number of nitrogens with two attached hydrogens (primary N) is 3. The molecule has 0 fully saturated rings. The van der Waals surface area contributed by atoms with Gasteiger partial charge in [0.25, 0.3) is 0 Å². The summed E-state index contributed by atoms with van der Waals surface area (Å²) in [5.41, 5.74) is 16.9. The normalized spacial score (nSPS) is 15.0. The lowest BCUT2D eigenvalue weighted by molar-refractivity contribution is 0.124. The van der Waals surface area contributed by atoms with Gasteiger partial charge in [0, 0.05) is 51.9 Å². The summed E-state index contributed by atoms with van der Waals surface area (Å²) in [7, 11) is 0. The van der Waals surface area contributed by atoms with Gasteiger partial charge in [-0.1, -0.05) is 0 Å². The number of hydrogen-bond acceptors (Lipinski definition) is 6. The summed E-state index contributed by atoms with van der Waals surface area (Å²) >= 11 is 0. The van der Waals surface area contributed by atoms with Crippen LogP contribution >= 0.6 is 0 Å². The van der Waals surface area contributed by atoms with E-state index in [-0.39, 0.29) is 6.10 Å². The smallest absolute Gasteiger partial charge is 0.0639 e. The average Bonchev–Trinajstić information content (AvgIpc) is 2.37. The molecule has 0 saturated carbocycles. The first-order valence-corrected chi connectivity index (χ1v) is 7.79. The molecule has 2 atom stereocenters. The van der Waals surface area contributed by atoms with Crippen LogP contribution in [0.5, 0.6) is 0 Å². The van der Waals surface area contributed by atoms with Crippen LogP contribution < -0.4 is 17.2 Å². The van der Waals surface area contributed by atoms with Crippen LogP contribution in [0.3, 0.4) is 0 Å². The van der Waals surface area contributed by atoms with Gasteiger partial charge in [-0.05, 0) is 33.2 Å². The Morgan fingerprint density at radius 1 is 0.900 bits per heavy atom. The Kier molecular flexibility index (Phi) is 12.3. The first kappa shape index (κ1) is 19.8. The molecule has 0 bridgehead atoms. The predicted octanol–water partition coefficient (Wildman–Crippen LogP) is -0.984. The summed E-state index contributed by atoms with van der Waals surface area (Å²) in [6.45, 7) is 10.3. The lowest BCUT2D eigenvalue weighted by atomic mass is 10.1. The third kappa shape index (κ3) is 9.63. The number of rotatable bonds is 13. The molecule has 0 aromatic carbocycles. The van der Waals surface area contributed by atoms with E-state index in [1.807, 2.05) is 6.92 Å². The van der Waals surface area contributed by atoms with E-state index in [2.05, 4.69) is 16.7 Å². The van der Waals surface area contributed by atoms with Crippen molar-refractivity contribution in [1.29, 1.82) is 0 Å². The van der Waals surface area contributed by atoms with E-state index in [4.69, 9.17) is 17.2 Å².